The fourth-order valence-electron chi connectivity index (χ4n) is 4.52. The molecule has 1 aliphatic carbocycles. The van der Waals surface area contributed by atoms with Crippen LogP contribution in [-0.4, -0.2) is 10.8 Å². The van der Waals surface area contributed by atoms with Crippen LogP contribution < -0.4 is 5.73 Å². The molecule has 2 aromatic carbocycles. The standard InChI is InChI=1S/C26H23FN2O2S/c1-26(2)12-19(30)22-20(13-26)31-24(28)23(21(22)16-8-10-17(27)11-9-16)25-29-18(14-32-25)15-6-4-3-5-7-15/h3-11,14,21H,12-13,28H2,1-2H3. The van der Waals surface area contributed by atoms with Crippen molar-refractivity contribution in [3.05, 3.63) is 93.6 Å². The Morgan fingerprint density at radius 3 is 2.50 bits per heavy atom. The Hall–Kier alpha value is -3.25. The molecule has 1 unspecified atom stereocenters. The Bertz CT molecular complexity index is 1260. The van der Waals surface area contributed by atoms with Gasteiger partial charge in [-0.2, -0.15) is 0 Å². The first-order valence-electron chi connectivity index (χ1n) is 10.5. The third-order valence-corrected chi connectivity index (χ3v) is 6.84. The van der Waals surface area contributed by atoms with Crippen LogP contribution in [0.15, 0.2) is 77.2 Å². The Balaban J connectivity index is 1.65. The van der Waals surface area contributed by atoms with E-state index in [-0.39, 0.29) is 22.9 Å². The number of aromatic nitrogens is 1. The lowest BCUT2D eigenvalue weighted by Crippen LogP contribution is -2.33. The molecule has 32 heavy (non-hydrogen) atoms. The van der Waals surface area contributed by atoms with Crippen molar-refractivity contribution in [3.8, 4) is 11.3 Å². The number of benzene rings is 2. The predicted molar refractivity (Wildman–Crippen MR) is 124 cm³/mol. The van der Waals surface area contributed by atoms with E-state index < -0.39 is 5.92 Å². The number of Topliss-reactive ketones (excluding diaryl/α,β-unsaturated/α-hetero) is 1. The normalized spacial score (nSPS) is 20.2. The minimum Gasteiger partial charge on any atom is -0.445 e. The minimum absolute atomic E-state index is 0.0374. The zero-order valence-electron chi connectivity index (χ0n) is 17.9. The van der Waals surface area contributed by atoms with Crippen LogP contribution in [0.1, 0.15) is 43.2 Å². The summed E-state index contributed by atoms with van der Waals surface area (Å²) in [6, 6.07) is 16.1. The molecule has 2 heterocycles. The van der Waals surface area contributed by atoms with Crippen molar-refractivity contribution in [1.29, 1.82) is 0 Å². The number of rotatable bonds is 3. The van der Waals surface area contributed by atoms with E-state index in [4.69, 9.17) is 15.5 Å². The summed E-state index contributed by atoms with van der Waals surface area (Å²) in [6.07, 6.45) is 1.04. The average Bonchev–Trinajstić information content (AvgIpc) is 3.23. The van der Waals surface area contributed by atoms with Gasteiger partial charge in [0.2, 0.25) is 0 Å². The highest BCUT2D eigenvalue weighted by Gasteiger charge is 2.43. The minimum atomic E-state index is -0.447. The molecule has 0 spiro atoms. The van der Waals surface area contributed by atoms with Gasteiger partial charge in [0.25, 0.3) is 0 Å². The lowest BCUT2D eigenvalue weighted by Gasteiger charge is -2.38. The topological polar surface area (TPSA) is 65.2 Å². The number of carbonyl (C=O) groups excluding carboxylic acids is 1. The predicted octanol–water partition coefficient (Wildman–Crippen LogP) is 6.03. The van der Waals surface area contributed by atoms with Gasteiger partial charge in [-0.05, 0) is 23.1 Å². The molecule has 2 aliphatic rings. The number of ether oxygens (including phenoxy) is 1. The van der Waals surface area contributed by atoms with Gasteiger partial charge in [0, 0.05) is 35.3 Å². The van der Waals surface area contributed by atoms with Gasteiger partial charge >= 0.3 is 0 Å². The van der Waals surface area contributed by atoms with Crippen LogP contribution in [0, 0.1) is 11.2 Å². The van der Waals surface area contributed by atoms with Crippen LogP contribution in [0.4, 0.5) is 4.39 Å². The van der Waals surface area contributed by atoms with Crippen LogP contribution in [0.3, 0.4) is 0 Å². The van der Waals surface area contributed by atoms with E-state index in [0.717, 1.165) is 16.8 Å². The quantitative estimate of drug-likeness (QED) is 0.533. The van der Waals surface area contributed by atoms with E-state index in [9.17, 15) is 9.18 Å². The summed E-state index contributed by atoms with van der Waals surface area (Å²) in [5.41, 5.74) is 10.2. The van der Waals surface area contributed by atoms with Gasteiger partial charge in [0.05, 0.1) is 11.3 Å². The zero-order chi connectivity index (χ0) is 22.5. The summed E-state index contributed by atoms with van der Waals surface area (Å²) in [5, 5.41) is 2.67. The van der Waals surface area contributed by atoms with Crippen LogP contribution in [0.25, 0.3) is 16.8 Å². The molecular formula is C26H23FN2O2S. The van der Waals surface area contributed by atoms with Crippen molar-refractivity contribution >= 4 is 22.7 Å². The second-order valence-corrected chi connectivity index (χ2v) is 9.90. The SMILES string of the molecule is CC1(C)CC(=O)C2=C(C1)OC(N)=C(c1nc(-c3ccccc3)cs1)C2c1ccc(F)cc1. The van der Waals surface area contributed by atoms with Gasteiger partial charge in [-0.25, -0.2) is 9.37 Å². The van der Waals surface area contributed by atoms with E-state index in [2.05, 4.69) is 0 Å². The maximum atomic E-state index is 13.7. The second-order valence-electron chi connectivity index (χ2n) is 9.05. The highest BCUT2D eigenvalue weighted by Crippen LogP contribution is 2.51. The molecule has 1 atom stereocenters. The molecule has 162 valence electrons. The second kappa shape index (κ2) is 7.71. The maximum Gasteiger partial charge on any atom is 0.197 e. The van der Waals surface area contributed by atoms with Gasteiger partial charge in [-0.1, -0.05) is 56.3 Å². The monoisotopic (exact) mass is 446 g/mol. The lowest BCUT2D eigenvalue weighted by atomic mass is 9.70. The van der Waals surface area contributed by atoms with E-state index in [1.165, 1.54) is 23.5 Å². The molecule has 4 nitrogen and oxygen atoms in total. The molecule has 5 rings (SSSR count). The number of nitrogens with two attached hydrogens (primary N) is 1. The number of nitrogens with zero attached hydrogens (tertiary/aromatic N) is 1. The van der Waals surface area contributed by atoms with Gasteiger partial charge in [-0.15, -0.1) is 11.3 Å². The van der Waals surface area contributed by atoms with Gasteiger partial charge in [0.1, 0.15) is 16.6 Å². The van der Waals surface area contributed by atoms with Crippen molar-refractivity contribution in [1.82, 2.24) is 4.98 Å². The lowest BCUT2D eigenvalue weighted by molar-refractivity contribution is -0.118. The number of allylic oxidation sites excluding steroid dienone is 3. The Labute approximate surface area is 190 Å². The van der Waals surface area contributed by atoms with Crippen LogP contribution in [-0.2, 0) is 9.53 Å². The fourth-order valence-corrected chi connectivity index (χ4v) is 5.43. The number of hydrogen-bond donors (Lipinski definition) is 1. The number of hydrogen-bond acceptors (Lipinski definition) is 5. The molecule has 0 bridgehead atoms. The zero-order valence-corrected chi connectivity index (χ0v) is 18.7. The molecular weight excluding hydrogens is 423 g/mol. The summed E-state index contributed by atoms with van der Waals surface area (Å²) in [6.45, 7) is 4.10. The van der Waals surface area contributed by atoms with Gasteiger partial charge in [0.15, 0.2) is 11.7 Å². The van der Waals surface area contributed by atoms with Crippen molar-refractivity contribution < 1.29 is 13.9 Å². The largest absolute Gasteiger partial charge is 0.445 e. The Morgan fingerprint density at radius 2 is 1.78 bits per heavy atom. The first-order valence-corrected chi connectivity index (χ1v) is 11.4. The molecule has 2 N–H and O–H groups in total. The molecule has 0 amide bonds. The Morgan fingerprint density at radius 1 is 1.06 bits per heavy atom. The molecule has 0 saturated heterocycles. The first kappa shape index (κ1) is 20.6. The van der Waals surface area contributed by atoms with Crippen LogP contribution in [0.2, 0.25) is 0 Å². The van der Waals surface area contributed by atoms with Crippen LogP contribution >= 0.6 is 11.3 Å². The highest BCUT2D eigenvalue weighted by molar-refractivity contribution is 7.11. The molecule has 6 heteroatoms. The first-order chi connectivity index (χ1) is 15.3. The Kier molecular flexibility index (Phi) is 4.97. The highest BCUT2D eigenvalue weighted by atomic mass is 32.1. The van der Waals surface area contributed by atoms with Gasteiger partial charge < -0.3 is 10.5 Å². The van der Waals surface area contributed by atoms with Crippen LogP contribution in [0.5, 0.6) is 0 Å². The van der Waals surface area contributed by atoms with E-state index >= 15 is 0 Å². The summed E-state index contributed by atoms with van der Waals surface area (Å²) >= 11 is 1.46. The van der Waals surface area contributed by atoms with Gasteiger partial charge in [-0.3, -0.25) is 4.79 Å². The number of ketones is 1. The van der Waals surface area contributed by atoms with E-state index in [0.29, 0.717) is 34.8 Å². The third-order valence-electron chi connectivity index (χ3n) is 5.96. The fraction of sp³-hybridized carbons (Fsp3) is 0.231. The maximum absolute atomic E-state index is 13.7. The molecule has 0 fully saturated rings. The van der Waals surface area contributed by atoms with E-state index in [1.54, 1.807) is 12.1 Å². The number of thiazole rings is 1. The summed E-state index contributed by atoms with van der Waals surface area (Å²) in [4.78, 5) is 18.1. The van der Waals surface area contributed by atoms with Crippen molar-refractivity contribution in [2.75, 3.05) is 0 Å². The van der Waals surface area contributed by atoms with Crippen molar-refractivity contribution in [2.45, 2.75) is 32.6 Å². The average molecular weight is 447 g/mol. The van der Waals surface area contributed by atoms with Crippen molar-refractivity contribution in [2.24, 2.45) is 11.1 Å². The summed E-state index contributed by atoms with van der Waals surface area (Å²) < 4.78 is 19.8. The number of carbonyl (C=O) groups is 1. The van der Waals surface area contributed by atoms with Crippen molar-refractivity contribution in [3.63, 3.8) is 0 Å². The third kappa shape index (κ3) is 3.65. The van der Waals surface area contributed by atoms with E-state index in [1.807, 2.05) is 49.6 Å². The summed E-state index contributed by atoms with van der Waals surface area (Å²) in [7, 11) is 0. The number of halogens is 1. The molecule has 3 aromatic rings. The molecule has 1 aromatic heterocycles. The smallest absolute Gasteiger partial charge is 0.197 e. The molecule has 0 radical (unpaired) electrons. The molecule has 0 saturated carbocycles. The molecule has 1 aliphatic heterocycles. The summed E-state index contributed by atoms with van der Waals surface area (Å²) in [5.74, 6) is 0.123.